The number of nitrogens with one attached hydrogen (secondary N) is 1. The van der Waals surface area contributed by atoms with Crippen LogP contribution in [-0.2, 0) is 0 Å². The monoisotopic (exact) mass is 235 g/mol. The van der Waals surface area contributed by atoms with Gasteiger partial charge in [-0.25, -0.2) is 9.97 Å². The van der Waals surface area contributed by atoms with E-state index in [1.165, 1.54) is 12.4 Å². The Labute approximate surface area is 97.1 Å². The van der Waals surface area contributed by atoms with Crippen LogP contribution in [0.1, 0.15) is 0 Å². The molecule has 0 aliphatic rings. The van der Waals surface area contributed by atoms with E-state index in [9.17, 15) is 4.39 Å². The Morgan fingerprint density at radius 1 is 1.25 bits per heavy atom. The summed E-state index contributed by atoms with van der Waals surface area (Å²) in [4.78, 5) is 8.42. The minimum absolute atomic E-state index is 0.453. The van der Waals surface area contributed by atoms with E-state index in [-0.39, 0.29) is 0 Å². The zero-order valence-corrected chi connectivity index (χ0v) is 9.46. The van der Waals surface area contributed by atoms with Gasteiger partial charge in [0, 0.05) is 11.0 Å². The highest BCUT2D eigenvalue weighted by Gasteiger charge is 2.02. The molecule has 0 spiro atoms. The van der Waals surface area contributed by atoms with Crippen molar-refractivity contribution >= 4 is 23.3 Å². The number of aromatic nitrogens is 2. The fourth-order valence-electron chi connectivity index (χ4n) is 1.29. The van der Waals surface area contributed by atoms with Crippen LogP contribution in [0.3, 0.4) is 0 Å². The second-order valence-corrected chi connectivity index (χ2v) is 3.90. The van der Waals surface area contributed by atoms with Crippen LogP contribution in [-0.4, -0.2) is 16.2 Å². The first-order chi connectivity index (χ1) is 7.79. The number of hydrogen-bond acceptors (Lipinski definition) is 4. The Morgan fingerprint density at radius 2 is 2.06 bits per heavy atom. The third-order valence-electron chi connectivity index (χ3n) is 2.00. The van der Waals surface area contributed by atoms with Crippen LogP contribution in [0.5, 0.6) is 0 Å². The Morgan fingerprint density at radius 3 is 2.81 bits per heavy atom. The number of anilines is 2. The van der Waals surface area contributed by atoms with Crippen molar-refractivity contribution in [1.82, 2.24) is 9.97 Å². The summed E-state index contributed by atoms with van der Waals surface area (Å²) in [5.74, 6) is -0.0897. The van der Waals surface area contributed by atoms with Gasteiger partial charge in [-0.2, -0.15) is 4.39 Å². The number of halogens is 1. The van der Waals surface area contributed by atoms with Gasteiger partial charge in [-0.1, -0.05) is 12.1 Å². The molecule has 5 heteroatoms. The molecule has 1 N–H and O–H groups in total. The average molecular weight is 235 g/mol. The van der Waals surface area contributed by atoms with Crippen LogP contribution in [0.2, 0.25) is 0 Å². The number of rotatable bonds is 3. The molecule has 1 aromatic carbocycles. The Balaban J connectivity index is 2.26. The van der Waals surface area contributed by atoms with Crippen LogP contribution in [0.4, 0.5) is 15.9 Å². The third-order valence-corrected chi connectivity index (χ3v) is 2.80. The van der Waals surface area contributed by atoms with E-state index in [1.54, 1.807) is 11.8 Å². The summed E-state index contributed by atoms with van der Waals surface area (Å²) in [6.45, 7) is 0. The Kier molecular flexibility index (Phi) is 3.36. The highest BCUT2D eigenvalue weighted by molar-refractivity contribution is 7.98. The van der Waals surface area contributed by atoms with Crippen molar-refractivity contribution in [3.05, 3.63) is 42.6 Å². The van der Waals surface area contributed by atoms with Crippen molar-refractivity contribution in [1.29, 1.82) is 0 Å². The molecule has 2 aromatic rings. The van der Waals surface area contributed by atoms with E-state index in [1.807, 2.05) is 30.5 Å². The first-order valence-corrected chi connectivity index (χ1v) is 5.89. The highest BCUT2D eigenvalue weighted by atomic mass is 32.2. The summed E-state index contributed by atoms with van der Waals surface area (Å²) in [5, 5.41) is 3.05. The summed E-state index contributed by atoms with van der Waals surface area (Å²) in [5.41, 5.74) is 0.910. The normalized spacial score (nSPS) is 10.1. The fourth-order valence-corrected chi connectivity index (χ4v) is 1.84. The molecular weight excluding hydrogens is 225 g/mol. The zero-order chi connectivity index (χ0) is 11.4. The molecule has 82 valence electrons. The topological polar surface area (TPSA) is 37.8 Å². The molecule has 1 heterocycles. The van der Waals surface area contributed by atoms with E-state index in [2.05, 4.69) is 15.3 Å². The summed E-state index contributed by atoms with van der Waals surface area (Å²) in [6, 6.07) is 9.05. The van der Waals surface area contributed by atoms with Crippen molar-refractivity contribution in [2.45, 2.75) is 4.90 Å². The molecule has 16 heavy (non-hydrogen) atoms. The number of nitrogens with zero attached hydrogens (tertiary/aromatic N) is 2. The van der Waals surface area contributed by atoms with E-state index < -0.39 is 5.95 Å². The molecule has 0 saturated carbocycles. The SMILES string of the molecule is CSc1ccccc1Nc1cc(F)ncn1. The zero-order valence-electron chi connectivity index (χ0n) is 8.64. The highest BCUT2D eigenvalue weighted by Crippen LogP contribution is 2.26. The van der Waals surface area contributed by atoms with Gasteiger partial charge in [0.2, 0.25) is 5.95 Å². The van der Waals surface area contributed by atoms with Gasteiger partial charge in [0.05, 0.1) is 5.69 Å². The van der Waals surface area contributed by atoms with E-state index in [0.29, 0.717) is 5.82 Å². The van der Waals surface area contributed by atoms with Crippen LogP contribution in [0.25, 0.3) is 0 Å². The lowest BCUT2D eigenvalue weighted by molar-refractivity contribution is 0.580. The fraction of sp³-hybridized carbons (Fsp3) is 0.0909. The van der Waals surface area contributed by atoms with Crippen LogP contribution in [0.15, 0.2) is 41.6 Å². The van der Waals surface area contributed by atoms with Crippen molar-refractivity contribution < 1.29 is 4.39 Å². The number of benzene rings is 1. The van der Waals surface area contributed by atoms with Crippen molar-refractivity contribution in [2.75, 3.05) is 11.6 Å². The first kappa shape index (κ1) is 10.9. The van der Waals surface area contributed by atoms with Crippen molar-refractivity contribution in [3.8, 4) is 0 Å². The minimum Gasteiger partial charge on any atom is -0.339 e. The van der Waals surface area contributed by atoms with Gasteiger partial charge in [0.15, 0.2) is 0 Å². The van der Waals surface area contributed by atoms with Gasteiger partial charge < -0.3 is 5.32 Å². The average Bonchev–Trinajstić information content (AvgIpc) is 2.30. The van der Waals surface area contributed by atoms with Crippen LogP contribution in [0, 0.1) is 5.95 Å². The van der Waals surface area contributed by atoms with Gasteiger partial charge in [0.1, 0.15) is 12.1 Å². The number of thioether (sulfide) groups is 1. The lowest BCUT2D eigenvalue weighted by Crippen LogP contribution is -1.96. The molecule has 0 fully saturated rings. The Hall–Kier alpha value is -1.62. The van der Waals surface area contributed by atoms with Gasteiger partial charge in [-0.3, -0.25) is 0 Å². The number of hydrogen-bond donors (Lipinski definition) is 1. The lowest BCUT2D eigenvalue weighted by Gasteiger charge is -2.08. The summed E-state index contributed by atoms with van der Waals surface area (Å²) >= 11 is 1.62. The molecule has 0 aliphatic carbocycles. The largest absolute Gasteiger partial charge is 0.339 e. The molecule has 0 radical (unpaired) electrons. The molecule has 2 rings (SSSR count). The maximum atomic E-state index is 12.9. The molecule has 0 bridgehead atoms. The smallest absolute Gasteiger partial charge is 0.218 e. The summed E-state index contributed by atoms with van der Waals surface area (Å²) in [6.07, 6.45) is 3.18. The van der Waals surface area contributed by atoms with Crippen molar-refractivity contribution in [3.63, 3.8) is 0 Å². The molecule has 0 aliphatic heterocycles. The summed E-state index contributed by atoms with van der Waals surface area (Å²) in [7, 11) is 0. The van der Waals surface area contributed by atoms with E-state index in [0.717, 1.165) is 10.6 Å². The molecule has 0 saturated heterocycles. The quantitative estimate of drug-likeness (QED) is 0.655. The molecule has 0 unspecified atom stereocenters. The van der Waals surface area contributed by atoms with Crippen molar-refractivity contribution in [2.24, 2.45) is 0 Å². The standard InChI is InChI=1S/C11H10FN3S/c1-16-9-5-3-2-4-8(9)15-11-6-10(12)13-7-14-11/h2-7H,1H3,(H,13,14,15). The van der Waals surface area contributed by atoms with Crippen LogP contribution >= 0.6 is 11.8 Å². The summed E-state index contributed by atoms with van der Waals surface area (Å²) < 4.78 is 12.9. The van der Waals surface area contributed by atoms with E-state index in [4.69, 9.17) is 0 Å². The van der Waals surface area contributed by atoms with E-state index >= 15 is 0 Å². The predicted octanol–water partition coefficient (Wildman–Crippen LogP) is 3.08. The second-order valence-electron chi connectivity index (χ2n) is 3.05. The molecule has 0 atom stereocenters. The van der Waals surface area contributed by atoms with Crippen LogP contribution < -0.4 is 5.32 Å². The Bertz CT molecular complexity index is 490. The molecule has 1 aromatic heterocycles. The van der Waals surface area contributed by atoms with Gasteiger partial charge >= 0.3 is 0 Å². The van der Waals surface area contributed by atoms with Gasteiger partial charge in [-0.05, 0) is 18.4 Å². The maximum Gasteiger partial charge on any atom is 0.218 e. The predicted molar refractivity (Wildman–Crippen MR) is 63.5 cm³/mol. The molecule has 3 nitrogen and oxygen atoms in total. The first-order valence-electron chi connectivity index (χ1n) is 4.67. The molecule has 0 amide bonds. The lowest BCUT2D eigenvalue weighted by atomic mass is 10.3. The second kappa shape index (κ2) is 4.94. The molecular formula is C11H10FN3S. The van der Waals surface area contributed by atoms with Gasteiger partial charge in [-0.15, -0.1) is 11.8 Å². The number of para-hydroxylation sites is 1. The minimum atomic E-state index is -0.542. The third kappa shape index (κ3) is 2.49. The maximum absolute atomic E-state index is 12.9. The van der Waals surface area contributed by atoms with Gasteiger partial charge in [0.25, 0.3) is 0 Å².